The number of hydrogen-bond donors (Lipinski definition) is 0. The maximum atomic E-state index is 12.3. The van der Waals surface area contributed by atoms with E-state index < -0.39 is 0 Å². The third-order valence-electron chi connectivity index (χ3n) is 3.36. The van der Waals surface area contributed by atoms with Gasteiger partial charge >= 0.3 is 0 Å². The summed E-state index contributed by atoms with van der Waals surface area (Å²) in [5.74, 6) is 1.04. The highest BCUT2D eigenvalue weighted by atomic mass is 35.5. The smallest absolute Gasteiger partial charge is 0.182 e. The molecule has 0 N–H and O–H groups in total. The molecule has 0 aliphatic carbocycles. The Morgan fingerprint density at radius 3 is 2.64 bits per heavy atom. The highest BCUT2D eigenvalue weighted by molar-refractivity contribution is 8.14. The Kier molecular flexibility index (Phi) is 4.80. The topological polar surface area (TPSA) is 32.7 Å². The lowest BCUT2D eigenvalue weighted by molar-refractivity contribution is 0.0967. The van der Waals surface area contributed by atoms with Crippen molar-refractivity contribution in [1.29, 1.82) is 0 Å². The van der Waals surface area contributed by atoms with Crippen LogP contribution in [0.5, 0.6) is 0 Å². The Morgan fingerprint density at radius 2 is 1.86 bits per heavy atom. The zero-order chi connectivity index (χ0) is 15.4. The van der Waals surface area contributed by atoms with E-state index in [2.05, 4.69) is 4.99 Å². The Morgan fingerprint density at radius 1 is 1.14 bits per heavy atom. The number of rotatable bonds is 4. The molecular weight excluding hydrogens is 316 g/mol. The van der Waals surface area contributed by atoms with Crippen LogP contribution in [0.2, 0.25) is 5.02 Å². The summed E-state index contributed by atoms with van der Waals surface area (Å²) in [4.78, 5) is 19.0. The predicted molar refractivity (Wildman–Crippen MR) is 93.4 cm³/mol. The zero-order valence-electron chi connectivity index (χ0n) is 11.9. The molecule has 3 nitrogen and oxygen atoms in total. The second-order valence-corrected chi connectivity index (χ2v) is 6.37. The van der Waals surface area contributed by atoms with Gasteiger partial charge in [0.15, 0.2) is 11.0 Å². The number of halogens is 1. The van der Waals surface area contributed by atoms with E-state index in [1.807, 2.05) is 59.5 Å². The number of hydrogen-bond acceptors (Lipinski definition) is 3. The minimum Gasteiger partial charge on any atom is -0.343 e. The van der Waals surface area contributed by atoms with Gasteiger partial charge in [-0.05, 0) is 12.1 Å². The standard InChI is InChI=1S/C17H15ClN2OS/c18-14-8-4-5-9-15(14)19-17-20(10-11-22-17)12-16(21)13-6-2-1-3-7-13/h1-9H,10-12H2. The van der Waals surface area contributed by atoms with Gasteiger partial charge in [0.05, 0.1) is 17.3 Å². The number of aliphatic imine (C=N–C) groups is 1. The first-order valence-electron chi connectivity index (χ1n) is 7.03. The van der Waals surface area contributed by atoms with E-state index in [9.17, 15) is 4.79 Å². The molecule has 0 saturated carbocycles. The number of nitrogens with zero attached hydrogens (tertiary/aromatic N) is 2. The molecule has 2 aromatic carbocycles. The van der Waals surface area contributed by atoms with Crippen molar-refractivity contribution >= 4 is 40.0 Å². The van der Waals surface area contributed by atoms with Crippen LogP contribution >= 0.6 is 23.4 Å². The summed E-state index contributed by atoms with van der Waals surface area (Å²) < 4.78 is 0. The van der Waals surface area contributed by atoms with E-state index in [0.717, 1.165) is 28.7 Å². The van der Waals surface area contributed by atoms with Crippen molar-refractivity contribution in [2.45, 2.75) is 0 Å². The summed E-state index contributed by atoms with van der Waals surface area (Å²) in [5, 5.41) is 1.48. The van der Waals surface area contributed by atoms with Gasteiger partial charge < -0.3 is 4.90 Å². The van der Waals surface area contributed by atoms with Crippen LogP contribution in [0, 0.1) is 0 Å². The Balaban J connectivity index is 1.76. The quantitative estimate of drug-likeness (QED) is 0.785. The van der Waals surface area contributed by atoms with Crippen molar-refractivity contribution < 1.29 is 4.79 Å². The molecule has 0 spiro atoms. The van der Waals surface area contributed by atoms with Crippen LogP contribution in [0.15, 0.2) is 59.6 Å². The van der Waals surface area contributed by atoms with Crippen LogP contribution in [-0.4, -0.2) is 34.7 Å². The van der Waals surface area contributed by atoms with Crippen LogP contribution in [0.4, 0.5) is 5.69 Å². The summed E-state index contributed by atoms with van der Waals surface area (Å²) in [7, 11) is 0. The van der Waals surface area contributed by atoms with E-state index in [-0.39, 0.29) is 5.78 Å². The van der Waals surface area contributed by atoms with Gasteiger partial charge in [-0.15, -0.1) is 0 Å². The molecule has 0 unspecified atom stereocenters. The van der Waals surface area contributed by atoms with Crippen molar-refractivity contribution in [3.63, 3.8) is 0 Å². The van der Waals surface area contributed by atoms with Crippen molar-refractivity contribution in [2.24, 2.45) is 4.99 Å². The molecule has 0 bridgehead atoms. The first-order chi connectivity index (χ1) is 10.7. The lowest BCUT2D eigenvalue weighted by Gasteiger charge is -2.17. The molecule has 1 aliphatic heterocycles. The summed E-state index contributed by atoms with van der Waals surface area (Å²) in [5.41, 5.74) is 1.47. The molecule has 1 fully saturated rings. The Bertz CT molecular complexity index is 703. The molecule has 1 saturated heterocycles. The van der Waals surface area contributed by atoms with Crippen LogP contribution in [0.3, 0.4) is 0 Å². The Labute approximate surface area is 139 Å². The maximum Gasteiger partial charge on any atom is 0.182 e. The maximum absolute atomic E-state index is 12.3. The minimum absolute atomic E-state index is 0.106. The van der Waals surface area contributed by atoms with Crippen molar-refractivity contribution in [2.75, 3.05) is 18.8 Å². The molecular formula is C17H15ClN2OS. The first kappa shape index (κ1) is 15.1. The fourth-order valence-corrected chi connectivity index (χ4v) is 3.39. The number of amidine groups is 1. The number of thioether (sulfide) groups is 1. The predicted octanol–water partition coefficient (Wildman–Crippen LogP) is 4.26. The SMILES string of the molecule is O=C(CN1CCSC1=Nc1ccccc1Cl)c1ccccc1. The largest absolute Gasteiger partial charge is 0.343 e. The summed E-state index contributed by atoms with van der Waals surface area (Å²) in [6, 6.07) is 16.8. The fraction of sp³-hybridized carbons (Fsp3) is 0.176. The summed E-state index contributed by atoms with van der Waals surface area (Å²) in [6.45, 7) is 1.17. The van der Waals surface area contributed by atoms with Crippen molar-refractivity contribution in [3.05, 3.63) is 65.2 Å². The summed E-state index contributed by atoms with van der Waals surface area (Å²) >= 11 is 7.81. The minimum atomic E-state index is 0.106. The lowest BCUT2D eigenvalue weighted by Crippen LogP contribution is -2.30. The third-order valence-corrected chi connectivity index (χ3v) is 4.68. The fourth-order valence-electron chi connectivity index (χ4n) is 2.22. The zero-order valence-corrected chi connectivity index (χ0v) is 13.5. The van der Waals surface area contributed by atoms with Gasteiger partial charge in [-0.25, -0.2) is 4.99 Å². The average Bonchev–Trinajstić information content (AvgIpc) is 2.97. The van der Waals surface area contributed by atoms with E-state index in [1.54, 1.807) is 11.8 Å². The van der Waals surface area contributed by atoms with Crippen molar-refractivity contribution in [3.8, 4) is 0 Å². The number of benzene rings is 2. The molecule has 0 radical (unpaired) electrons. The normalized spacial score (nSPS) is 16.2. The summed E-state index contributed by atoms with van der Waals surface area (Å²) in [6.07, 6.45) is 0. The van der Waals surface area contributed by atoms with E-state index in [0.29, 0.717) is 11.6 Å². The molecule has 0 amide bonds. The average molecular weight is 331 g/mol. The highest BCUT2D eigenvalue weighted by Gasteiger charge is 2.22. The highest BCUT2D eigenvalue weighted by Crippen LogP contribution is 2.28. The number of Topliss-reactive ketones (excluding diaryl/α,β-unsaturated/α-hetero) is 1. The number of carbonyl (C=O) groups is 1. The molecule has 22 heavy (non-hydrogen) atoms. The van der Waals surface area contributed by atoms with Crippen LogP contribution in [0.25, 0.3) is 0 Å². The molecule has 1 heterocycles. The van der Waals surface area contributed by atoms with Gasteiger partial charge in [0, 0.05) is 17.9 Å². The second-order valence-electron chi connectivity index (χ2n) is 4.91. The van der Waals surface area contributed by atoms with Gasteiger partial charge in [-0.2, -0.15) is 0 Å². The number of ketones is 1. The van der Waals surface area contributed by atoms with Crippen LogP contribution < -0.4 is 0 Å². The number of carbonyl (C=O) groups excluding carboxylic acids is 1. The van der Waals surface area contributed by atoms with Crippen LogP contribution in [-0.2, 0) is 0 Å². The first-order valence-corrected chi connectivity index (χ1v) is 8.39. The monoisotopic (exact) mass is 330 g/mol. The van der Waals surface area contributed by atoms with E-state index in [4.69, 9.17) is 11.6 Å². The van der Waals surface area contributed by atoms with E-state index >= 15 is 0 Å². The number of para-hydroxylation sites is 1. The lowest BCUT2D eigenvalue weighted by atomic mass is 10.1. The van der Waals surface area contributed by atoms with Crippen molar-refractivity contribution in [1.82, 2.24) is 4.90 Å². The molecule has 2 aromatic rings. The van der Waals surface area contributed by atoms with Gasteiger partial charge in [0.25, 0.3) is 0 Å². The molecule has 5 heteroatoms. The second kappa shape index (κ2) is 6.99. The molecule has 0 aromatic heterocycles. The molecule has 3 rings (SSSR count). The molecule has 112 valence electrons. The van der Waals surface area contributed by atoms with Gasteiger partial charge in [-0.1, -0.05) is 65.8 Å². The van der Waals surface area contributed by atoms with Gasteiger partial charge in [0.2, 0.25) is 0 Å². The van der Waals surface area contributed by atoms with Crippen LogP contribution in [0.1, 0.15) is 10.4 Å². The third kappa shape index (κ3) is 3.51. The van der Waals surface area contributed by atoms with Gasteiger partial charge in [0.1, 0.15) is 0 Å². The Hall–Kier alpha value is -1.78. The molecule has 1 aliphatic rings. The van der Waals surface area contributed by atoms with Gasteiger partial charge in [-0.3, -0.25) is 4.79 Å². The van der Waals surface area contributed by atoms with E-state index in [1.165, 1.54) is 0 Å². The molecule has 0 atom stereocenters.